The van der Waals surface area contributed by atoms with Crippen molar-refractivity contribution < 1.29 is 19.0 Å². The first-order valence-electron chi connectivity index (χ1n) is 9.38. The molecule has 1 saturated heterocycles. The number of cyclic esters (lactones) is 1. The Morgan fingerprint density at radius 1 is 1.43 bits per heavy atom. The van der Waals surface area contributed by atoms with Crippen molar-refractivity contribution in [3.8, 4) is 0 Å². The number of hydrogen-bond donors (Lipinski definition) is 2. The van der Waals surface area contributed by atoms with Crippen molar-refractivity contribution in [2.45, 2.75) is 44.9 Å². The standard InChI is InChI=1S/C20H23FN4O3/c1-12(13-3-4-14(10-26)16(21)9-13)23-18-22-8-7-17(24-18)25-19(27)28-11-20(25,2)15-5-6-15/h3-4,7-9,12,15,26H,5-6,10-11H2,1-2H3,(H,22,23,24)/t12-,20+/m0/s1. The van der Waals surface area contributed by atoms with Gasteiger partial charge in [-0.2, -0.15) is 4.98 Å². The van der Waals surface area contributed by atoms with E-state index < -0.39 is 17.4 Å². The number of nitrogens with one attached hydrogen (secondary N) is 1. The summed E-state index contributed by atoms with van der Waals surface area (Å²) in [5, 5.41) is 12.3. The van der Waals surface area contributed by atoms with Crippen LogP contribution in [-0.2, 0) is 11.3 Å². The number of carbonyl (C=O) groups excluding carboxylic acids is 1. The Morgan fingerprint density at radius 3 is 2.89 bits per heavy atom. The van der Waals surface area contributed by atoms with Crippen LogP contribution >= 0.6 is 0 Å². The molecule has 1 aromatic heterocycles. The van der Waals surface area contributed by atoms with E-state index in [9.17, 15) is 9.18 Å². The van der Waals surface area contributed by atoms with Gasteiger partial charge >= 0.3 is 6.09 Å². The number of benzene rings is 1. The zero-order valence-electron chi connectivity index (χ0n) is 15.9. The van der Waals surface area contributed by atoms with Crippen molar-refractivity contribution in [3.63, 3.8) is 0 Å². The summed E-state index contributed by atoms with van der Waals surface area (Å²) in [7, 11) is 0. The Hall–Kier alpha value is -2.74. The number of nitrogens with zero attached hydrogens (tertiary/aromatic N) is 3. The zero-order chi connectivity index (χ0) is 19.9. The molecule has 2 N–H and O–H groups in total. The fourth-order valence-corrected chi connectivity index (χ4v) is 3.69. The molecule has 4 rings (SSSR count). The maximum absolute atomic E-state index is 14.0. The number of ether oxygens (including phenoxy) is 1. The monoisotopic (exact) mass is 386 g/mol. The van der Waals surface area contributed by atoms with Gasteiger partial charge in [-0.05, 0) is 50.3 Å². The summed E-state index contributed by atoms with van der Waals surface area (Å²) in [4.78, 5) is 22.7. The number of halogens is 1. The smallest absolute Gasteiger partial charge is 0.416 e. The minimum atomic E-state index is -0.455. The molecule has 2 atom stereocenters. The Morgan fingerprint density at radius 2 is 2.21 bits per heavy atom. The molecular formula is C20H23FN4O3. The quantitative estimate of drug-likeness (QED) is 0.791. The van der Waals surface area contributed by atoms with Crippen molar-refractivity contribution in [2.24, 2.45) is 5.92 Å². The normalized spacial score (nSPS) is 22.9. The molecular weight excluding hydrogens is 363 g/mol. The third kappa shape index (κ3) is 3.28. The molecule has 1 aromatic carbocycles. The molecule has 7 nitrogen and oxygen atoms in total. The van der Waals surface area contributed by atoms with Gasteiger partial charge in [-0.1, -0.05) is 12.1 Å². The Bertz CT molecular complexity index is 905. The third-order valence-electron chi connectivity index (χ3n) is 5.60. The first-order valence-corrected chi connectivity index (χ1v) is 9.38. The van der Waals surface area contributed by atoms with Crippen molar-refractivity contribution >= 4 is 17.9 Å². The fraction of sp³-hybridized carbons (Fsp3) is 0.450. The molecule has 1 saturated carbocycles. The molecule has 1 aliphatic carbocycles. The highest BCUT2D eigenvalue weighted by Crippen LogP contribution is 2.47. The maximum Gasteiger partial charge on any atom is 0.416 e. The Kier molecular flexibility index (Phi) is 4.66. The average molecular weight is 386 g/mol. The largest absolute Gasteiger partial charge is 0.447 e. The van der Waals surface area contributed by atoms with Crippen molar-refractivity contribution in [2.75, 3.05) is 16.8 Å². The number of amides is 1. The molecule has 8 heteroatoms. The summed E-state index contributed by atoms with van der Waals surface area (Å²) in [5.41, 5.74) is 0.561. The molecule has 148 valence electrons. The van der Waals surface area contributed by atoms with Gasteiger partial charge in [-0.15, -0.1) is 0 Å². The molecule has 28 heavy (non-hydrogen) atoms. The number of rotatable bonds is 6. The van der Waals surface area contributed by atoms with Gasteiger partial charge in [0.15, 0.2) is 0 Å². The van der Waals surface area contributed by atoms with Crippen LogP contribution in [0.25, 0.3) is 0 Å². The van der Waals surface area contributed by atoms with E-state index in [1.807, 2.05) is 13.8 Å². The minimum absolute atomic E-state index is 0.251. The van der Waals surface area contributed by atoms with E-state index in [0.717, 1.165) is 12.8 Å². The highest BCUT2D eigenvalue weighted by Gasteiger charge is 2.54. The van der Waals surface area contributed by atoms with E-state index in [1.54, 1.807) is 29.3 Å². The van der Waals surface area contributed by atoms with E-state index in [-0.39, 0.29) is 18.2 Å². The summed E-state index contributed by atoms with van der Waals surface area (Å²) < 4.78 is 19.3. The Balaban J connectivity index is 1.55. The highest BCUT2D eigenvalue weighted by molar-refractivity contribution is 5.90. The first-order chi connectivity index (χ1) is 13.4. The summed E-state index contributed by atoms with van der Waals surface area (Å²) in [5.74, 6) is 0.790. The van der Waals surface area contributed by atoms with Gasteiger partial charge in [0.25, 0.3) is 0 Å². The van der Waals surface area contributed by atoms with Crippen LogP contribution in [0.2, 0.25) is 0 Å². The van der Waals surface area contributed by atoms with Gasteiger partial charge in [0, 0.05) is 11.8 Å². The molecule has 0 bridgehead atoms. The second kappa shape index (κ2) is 7.01. The molecule has 2 heterocycles. The van der Waals surface area contributed by atoms with Gasteiger partial charge in [0.2, 0.25) is 5.95 Å². The number of aliphatic hydroxyl groups excluding tert-OH is 1. The molecule has 0 spiro atoms. The lowest BCUT2D eigenvalue weighted by Crippen LogP contribution is -2.47. The van der Waals surface area contributed by atoms with Crippen LogP contribution in [0.1, 0.15) is 43.9 Å². The lowest BCUT2D eigenvalue weighted by molar-refractivity contribution is 0.172. The van der Waals surface area contributed by atoms with Crippen LogP contribution in [0.3, 0.4) is 0 Å². The van der Waals surface area contributed by atoms with Gasteiger partial charge in [-0.25, -0.2) is 14.2 Å². The van der Waals surface area contributed by atoms with E-state index >= 15 is 0 Å². The molecule has 1 amide bonds. The molecule has 2 aromatic rings. The number of aromatic nitrogens is 2. The molecule has 0 radical (unpaired) electrons. The summed E-state index contributed by atoms with van der Waals surface area (Å²) in [6.07, 6.45) is 3.35. The summed E-state index contributed by atoms with van der Waals surface area (Å²) in [6, 6.07) is 6.12. The number of hydrogen-bond acceptors (Lipinski definition) is 6. The average Bonchev–Trinajstić information content (AvgIpc) is 3.48. The van der Waals surface area contributed by atoms with Crippen LogP contribution < -0.4 is 10.2 Å². The van der Waals surface area contributed by atoms with Gasteiger partial charge in [0.1, 0.15) is 18.2 Å². The SMILES string of the molecule is C[C@H](Nc1nccc(N2C(=O)OC[C@]2(C)C2CC2)n1)c1ccc(CO)c(F)c1. The van der Waals surface area contributed by atoms with Crippen molar-refractivity contribution in [1.82, 2.24) is 9.97 Å². The molecule has 1 aliphatic heterocycles. The molecule has 2 fully saturated rings. The third-order valence-corrected chi connectivity index (χ3v) is 5.60. The minimum Gasteiger partial charge on any atom is -0.447 e. The lowest BCUT2D eigenvalue weighted by atomic mass is 9.96. The van der Waals surface area contributed by atoms with E-state index in [2.05, 4.69) is 15.3 Å². The molecule has 2 aliphatic rings. The van der Waals surface area contributed by atoms with Gasteiger partial charge in [-0.3, -0.25) is 4.90 Å². The van der Waals surface area contributed by atoms with Gasteiger partial charge < -0.3 is 15.2 Å². The van der Waals surface area contributed by atoms with Crippen molar-refractivity contribution in [1.29, 1.82) is 0 Å². The fourth-order valence-electron chi connectivity index (χ4n) is 3.69. The molecule has 0 unspecified atom stereocenters. The second-order valence-electron chi connectivity index (χ2n) is 7.63. The topological polar surface area (TPSA) is 87.6 Å². The van der Waals surface area contributed by atoms with Gasteiger partial charge in [0.05, 0.1) is 18.2 Å². The number of anilines is 2. The Labute approximate surface area is 162 Å². The predicted molar refractivity (Wildman–Crippen MR) is 101 cm³/mol. The van der Waals surface area contributed by atoms with Crippen molar-refractivity contribution in [3.05, 3.63) is 47.4 Å². The van der Waals surface area contributed by atoms with Crippen LogP contribution in [0.15, 0.2) is 30.5 Å². The summed E-state index contributed by atoms with van der Waals surface area (Å²) in [6.45, 7) is 3.90. The highest BCUT2D eigenvalue weighted by atomic mass is 19.1. The summed E-state index contributed by atoms with van der Waals surface area (Å²) >= 11 is 0. The number of aliphatic hydroxyl groups is 1. The zero-order valence-corrected chi connectivity index (χ0v) is 15.9. The van der Waals surface area contributed by atoms with E-state index in [4.69, 9.17) is 9.84 Å². The first kappa shape index (κ1) is 18.6. The second-order valence-corrected chi connectivity index (χ2v) is 7.63. The van der Waals surface area contributed by atoms with E-state index in [0.29, 0.717) is 29.9 Å². The predicted octanol–water partition coefficient (Wildman–Crippen LogP) is 3.41. The van der Waals surface area contributed by atoms with Crippen LogP contribution in [0, 0.1) is 11.7 Å². The van der Waals surface area contributed by atoms with Crippen LogP contribution in [0.5, 0.6) is 0 Å². The lowest BCUT2D eigenvalue weighted by Gasteiger charge is -2.31. The van der Waals surface area contributed by atoms with Crippen LogP contribution in [-0.4, -0.2) is 33.3 Å². The maximum atomic E-state index is 14.0. The van der Waals surface area contributed by atoms with E-state index in [1.165, 1.54) is 6.07 Å². The van der Waals surface area contributed by atoms with Crippen LogP contribution in [0.4, 0.5) is 21.0 Å². The number of carbonyl (C=O) groups is 1.